The van der Waals surface area contributed by atoms with E-state index < -0.39 is 5.97 Å². The van der Waals surface area contributed by atoms with Crippen molar-refractivity contribution in [3.05, 3.63) is 81.8 Å². The van der Waals surface area contributed by atoms with Crippen molar-refractivity contribution in [1.29, 1.82) is 0 Å². The van der Waals surface area contributed by atoms with Gasteiger partial charge in [0.15, 0.2) is 0 Å². The van der Waals surface area contributed by atoms with Crippen molar-refractivity contribution in [2.45, 2.75) is 6.54 Å². The summed E-state index contributed by atoms with van der Waals surface area (Å²) in [6.07, 6.45) is 8.00. The van der Waals surface area contributed by atoms with E-state index >= 15 is 0 Å². The van der Waals surface area contributed by atoms with Gasteiger partial charge < -0.3 is 10.4 Å². The maximum atomic E-state index is 12.3. The van der Waals surface area contributed by atoms with Crippen molar-refractivity contribution in [2.24, 2.45) is 0 Å². The van der Waals surface area contributed by atoms with Crippen LogP contribution in [-0.4, -0.2) is 17.0 Å². The number of carboxylic acids is 1. The number of hydrogen-bond acceptors (Lipinski definition) is 2. The van der Waals surface area contributed by atoms with Crippen molar-refractivity contribution >= 4 is 38.6 Å². The van der Waals surface area contributed by atoms with Crippen LogP contribution >= 0.6 is 15.9 Å². The van der Waals surface area contributed by atoms with Crippen molar-refractivity contribution in [2.75, 3.05) is 0 Å². The third-order valence-electron chi connectivity index (χ3n) is 3.78. The standard InChI is InChI=1S/C19H14BrNO3.C2H2/c20-17-10-13(8-9-16(17)19(23)24)18(22)21-11-14-6-3-5-12-4-1-2-7-15(12)14;1-2/h1-10H,11H2,(H,21,22)(H,23,24);1-2H. The van der Waals surface area contributed by atoms with Crippen LogP contribution in [0.2, 0.25) is 0 Å². The molecule has 0 saturated heterocycles. The predicted octanol–water partition coefficient (Wildman–Crippen LogP) is 4.48. The average Bonchev–Trinajstić information content (AvgIpc) is 2.67. The molecular formula is C21H16BrNO3. The fourth-order valence-corrected chi connectivity index (χ4v) is 3.10. The number of carboxylic acid groups (broad SMARTS) is 1. The largest absolute Gasteiger partial charge is 0.478 e. The second kappa shape index (κ2) is 8.84. The number of aromatic carboxylic acids is 1. The first kappa shape index (κ1) is 19.2. The lowest BCUT2D eigenvalue weighted by atomic mass is 10.0. The van der Waals surface area contributed by atoms with Gasteiger partial charge in [-0.3, -0.25) is 4.79 Å². The molecule has 0 spiro atoms. The summed E-state index contributed by atoms with van der Waals surface area (Å²) in [5.74, 6) is -1.29. The summed E-state index contributed by atoms with van der Waals surface area (Å²) in [7, 11) is 0. The van der Waals surface area contributed by atoms with E-state index in [0.29, 0.717) is 16.6 Å². The molecule has 0 radical (unpaired) electrons. The molecule has 3 aromatic carbocycles. The summed E-state index contributed by atoms with van der Waals surface area (Å²) in [6.45, 7) is 0.401. The van der Waals surface area contributed by atoms with Gasteiger partial charge in [-0.25, -0.2) is 4.79 Å². The van der Waals surface area contributed by atoms with Crippen molar-refractivity contribution in [3.8, 4) is 12.8 Å². The molecule has 0 aliphatic rings. The number of hydrogen-bond donors (Lipinski definition) is 2. The molecule has 3 aromatic rings. The zero-order valence-electron chi connectivity index (χ0n) is 13.8. The Morgan fingerprint density at radius 2 is 1.69 bits per heavy atom. The van der Waals surface area contributed by atoms with E-state index in [1.807, 2.05) is 42.5 Å². The molecule has 4 nitrogen and oxygen atoms in total. The number of carbonyl (C=O) groups is 2. The second-order valence-electron chi connectivity index (χ2n) is 5.32. The van der Waals surface area contributed by atoms with Crippen LogP contribution in [0.4, 0.5) is 0 Å². The molecule has 3 rings (SSSR count). The van der Waals surface area contributed by atoms with Crippen molar-refractivity contribution in [1.82, 2.24) is 5.32 Å². The number of rotatable bonds is 4. The molecule has 26 heavy (non-hydrogen) atoms. The van der Waals surface area contributed by atoms with E-state index in [4.69, 9.17) is 5.11 Å². The lowest BCUT2D eigenvalue weighted by molar-refractivity contribution is 0.0695. The Hall–Kier alpha value is -3.10. The van der Waals surface area contributed by atoms with Gasteiger partial charge in [-0.05, 0) is 50.5 Å². The van der Waals surface area contributed by atoms with Gasteiger partial charge in [-0.2, -0.15) is 0 Å². The Kier molecular flexibility index (Phi) is 6.54. The molecule has 0 heterocycles. The van der Waals surface area contributed by atoms with Crippen LogP contribution in [0.1, 0.15) is 26.3 Å². The minimum Gasteiger partial charge on any atom is -0.478 e. The average molecular weight is 410 g/mol. The van der Waals surface area contributed by atoms with Crippen LogP contribution in [0.15, 0.2) is 65.1 Å². The van der Waals surface area contributed by atoms with Gasteiger partial charge in [0.25, 0.3) is 5.91 Å². The van der Waals surface area contributed by atoms with Gasteiger partial charge in [0.05, 0.1) is 5.56 Å². The number of carbonyl (C=O) groups excluding carboxylic acids is 1. The molecule has 0 aromatic heterocycles. The number of halogens is 1. The van der Waals surface area contributed by atoms with Crippen LogP contribution in [0.3, 0.4) is 0 Å². The summed E-state index contributed by atoms with van der Waals surface area (Å²) in [5.41, 5.74) is 1.57. The predicted molar refractivity (Wildman–Crippen MR) is 106 cm³/mol. The summed E-state index contributed by atoms with van der Waals surface area (Å²) in [5, 5.41) is 14.1. The van der Waals surface area contributed by atoms with E-state index in [0.717, 1.165) is 16.3 Å². The van der Waals surface area contributed by atoms with Crippen molar-refractivity contribution in [3.63, 3.8) is 0 Å². The summed E-state index contributed by atoms with van der Waals surface area (Å²) in [4.78, 5) is 23.3. The molecule has 0 aliphatic heterocycles. The number of fused-ring (bicyclic) bond motifs is 1. The van der Waals surface area contributed by atoms with Crippen LogP contribution in [0.25, 0.3) is 10.8 Å². The fourth-order valence-electron chi connectivity index (χ4n) is 2.55. The molecule has 0 unspecified atom stereocenters. The van der Waals surface area contributed by atoms with Crippen LogP contribution in [0, 0.1) is 12.8 Å². The summed E-state index contributed by atoms with van der Waals surface area (Å²) >= 11 is 3.18. The SMILES string of the molecule is C#C.O=C(NCc1cccc2ccccc12)c1ccc(C(=O)O)c(Br)c1. The Balaban J connectivity index is 0.00000117. The zero-order valence-corrected chi connectivity index (χ0v) is 15.4. The summed E-state index contributed by atoms with van der Waals surface area (Å²) in [6, 6.07) is 18.4. The minimum atomic E-state index is -1.04. The molecule has 5 heteroatoms. The maximum absolute atomic E-state index is 12.3. The number of benzene rings is 3. The molecule has 0 atom stereocenters. The highest BCUT2D eigenvalue weighted by atomic mass is 79.9. The minimum absolute atomic E-state index is 0.126. The Morgan fingerprint density at radius 1 is 1.00 bits per heavy atom. The van der Waals surface area contributed by atoms with E-state index in [1.54, 1.807) is 0 Å². The lowest BCUT2D eigenvalue weighted by Crippen LogP contribution is -2.23. The maximum Gasteiger partial charge on any atom is 0.336 e. The first-order valence-corrected chi connectivity index (χ1v) is 8.46. The third-order valence-corrected chi connectivity index (χ3v) is 4.44. The van der Waals surface area contributed by atoms with Crippen LogP contribution in [-0.2, 0) is 6.54 Å². The molecular weight excluding hydrogens is 394 g/mol. The number of nitrogens with one attached hydrogen (secondary N) is 1. The molecule has 0 saturated carbocycles. The zero-order chi connectivity index (χ0) is 19.1. The highest BCUT2D eigenvalue weighted by Gasteiger charge is 2.12. The normalized spacial score (nSPS) is 9.81. The van der Waals surface area contributed by atoms with Gasteiger partial charge in [0.1, 0.15) is 0 Å². The Bertz CT molecular complexity index is 974. The number of terminal acetylenes is 1. The van der Waals surface area contributed by atoms with Gasteiger partial charge in [-0.15, -0.1) is 12.8 Å². The van der Waals surface area contributed by atoms with E-state index in [-0.39, 0.29) is 11.5 Å². The first-order chi connectivity index (χ1) is 12.6. The van der Waals surface area contributed by atoms with E-state index in [1.165, 1.54) is 18.2 Å². The summed E-state index contributed by atoms with van der Waals surface area (Å²) < 4.78 is 0.382. The topological polar surface area (TPSA) is 66.4 Å². The molecule has 0 aliphatic carbocycles. The van der Waals surface area contributed by atoms with Crippen LogP contribution < -0.4 is 5.32 Å². The van der Waals surface area contributed by atoms with E-state index in [2.05, 4.69) is 34.1 Å². The van der Waals surface area contributed by atoms with Crippen molar-refractivity contribution < 1.29 is 14.7 Å². The molecule has 1 amide bonds. The molecule has 2 N–H and O–H groups in total. The third kappa shape index (κ3) is 4.29. The molecule has 130 valence electrons. The smallest absolute Gasteiger partial charge is 0.336 e. The fraction of sp³-hybridized carbons (Fsp3) is 0.0476. The lowest BCUT2D eigenvalue weighted by Gasteiger charge is -2.09. The van der Waals surface area contributed by atoms with Gasteiger partial charge in [0.2, 0.25) is 0 Å². The monoisotopic (exact) mass is 409 g/mol. The second-order valence-corrected chi connectivity index (χ2v) is 6.18. The molecule has 0 bridgehead atoms. The van der Waals surface area contributed by atoms with Crippen LogP contribution in [0.5, 0.6) is 0 Å². The van der Waals surface area contributed by atoms with E-state index in [9.17, 15) is 9.59 Å². The highest BCUT2D eigenvalue weighted by molar-refractivity contribution is 9.10. The Morgan fingerprint density at radius 3 is 2.38 bits per heavy atom. The van der Waals surface area contributed by atoms with Gasteiger partial charge in [-0.1, -0.05) is 42.5 Å². The highest BCUT2D eigenvalue weighted by Crippen LogP contribution is 2.20. The molecule has 0 fully saturated rings. The van der Waals surface area contributed by atoms with Gasteiger partial charge >= 0.3 is 5.97 Å². The number of amides is 1. The first-order valence-electron chi connectivity index (χ1n) is 7.67. The quantitative estimate of drug-likeness (QED) is 0.624. The van der Waals surface area contributed by atoms with Gasteiger partial charge in [0, 0.05) is 16.6 Å². The Labute approximate surface area is 160 Å².